The minimum absolute atomic E-state index is 0.153. The summed E-state index contributed by atoms with van der Waals surface area (Å²) in [6.45, 7) is 8.05. The molecule has 1 aromatic rings. The van der Waals surface area contributed by atoms with E-state index in [9.17, 15) is 4.39 Å². The molecule has 4 heteroatoms. The lowest BCUT2D eigenvalue weighted by Crippen LogP contribution is -2.49. The van der Waals surface area contributed by atoms with Crippen molar-refractivity contribution in [3.8, 4) is 0 Å². The lowest BCUT2D eigenvalue weighted by molar-refractivity contribution is 0.152. The summed E-state index contributed by atoms with van der Waals surface area (Å²) in [5, 5.41) is 3.91. The maximum absolute atomic E-state index is 13.2. The Morgan fingerprint density at radius 1 is 1.04 bits per heavy atom. The van der Waals surface area contributed by atoms with Gasteiger partial charge in [-0.05, 0) is 70.9 Å². The van der Waals surface area contributed by atoms with Gasteiger partial charge in [-0.15, -0.1) is 0 Å². The van der Waals surface area contributed by atoms with Crippen LogP contribution in [0, 0.1) is 5.82 Å². The maximum Gasteiger partial charge on any atom is 0.123 e. The summed E-state index contributed by atoms with van der Waals surface area (Å²) in [6, 6.07) is 9.15. The molecule has 0 unspecified atom stereocenters. The van der Waals surface area contributed by atoms with Gasteiger partial charge in [0.05, 0.1) is 0 Å². The molecule has 0 aromatic heterocycles. The van der Waals surface area contributed by atoms with Gasteiger partial charge in [-0.3, -0.25) is 4.90 Å². The van der Waals surface area contributed by atoms with Crippen LogP contribution >= 0.6 is 0 Å². The number of rotatable bonds is 4. The third kappa shape index (κ3) is 3.93. The fourth-order valence-electron chi connectivity index (χ4n) is 4.15. The van der Waals surface area contributed by atoms with Crippen molar-refractivity contribution in [3.05, 3.63) is 35.6 Å². The molecule has 23 heavy (non-hydrogen) atoms. The molecule has 1 aromatic carbocycles. The molecule has 3 nitrogen and oxygen atoms in total. The predicted molar refractivity (Wildman–Crippen MR) is 93.0 cm³/mol. The first-order valence-corrected chi connectivity index (χ1v) is 9.00. The first kappa shape index (κ1) is 16.9. The number of nitrogens with zero attached hydrogens (tertiary/aromatic N) is 2. The highest BCUT2D eigenvalue weighted by Crippen LogP contribution is 2.32. The van der Waals surface area contributed by atoms with Crippen molar-refractivity contribution >= 4 is 0 Å². The average molecular weight is 319 g/mol. The second-order valence-corrected chi connectivity index (χ2v) is 7.44. The third-order valence-electron chi connectivity index (χ3n) is 5.57. The van der Waals surface area contributed by atoms with E-state index < -0.39 is 0 Å². The van der Waals surface area contributed by atoms with Crippen molar-refractivity contribution in [2.45, 2.75) is 57.3 Å². The van der Waals surface area contributed by atoms with E-state index in [-0.39, 0.29) is 5.82 Å². The number of hydrogen-bond donors (Lipinski definition) is 1. The highest BCUT2D eigenvalue weighted by atomic mass is 19.1. The second-order valence-electron chi connectivity index (χ2n) is 7.44. The van der Waals surface area contributed by atoms with Crippen molar-refractivity contribution in [1.29, 1.82) is 0 Å². The molecule has 0 aliphatic carbocycles. The van der Waals surface area contributed by atoms with Crippen molar-refractivity contribution in [3.63, 3.8) is 0 Å². The normalized spacial score (nSPS) is 27.9. The van der Waals surface area contributed by atoms with Gasteiger partial charge in [-0.2, -0.15) is 0 Å². The largest absolute Gasteiger partial charge is 0.309 e. The lowest BCUT2D eigenvalue weighted by atomic mass is 9.97. The Labute approximate surface area is 139 Å². The van der Waals surface area contributed by atoms with Gasteiger partial charge in [0.1, 0.15) is 5.82 Å². The van der Waals surface area contributed by atoms with E-state index in [1.165, 1.54) is 37.9 Å². The van der Waals surface area contributed by atoms with Gasteiger partial charge >= 0.3 is 0 Å². The SMILES string of the molecule is CC(C)N1CCC(N[C@H]2CCN(C)[C@@H]2c2ccc(F)cc2)CC1. The summed E-state index contributed by atoms with van der Waals surface area (Å²) in [5.41, 5.74) is 1.23. The average Bonchev–Trinajstić information content (AvgIpc) is 2.89. The topological polar surface area (TPSA) is 18.5 Å². The fraction of sp³-hybridized carbons (Fsp3) is 0.684. The van der Waals surface area contributed by atoms with Crippen LogP contribution < -0.4 is 5.32 Å². The number of halogens is 1. The molecular formula is C19H30FN3. The first-order valence-electron chi connectivity index (χ1n) is 9.00. The van der Waals surface area contributed by atoms with Crippen LogP contribution in [0.1, 0.15) is 44.7 Å². The van der Waals surface area contributed by atoms with Crippen molar-refractivity contribution < 1.29 is 4.39 Å². The van der Waals surface area contributed by atoms with E-state index >= 15 is 0 Å². The van der Waals surface area contributed by atoms with Crippen LogP contribution in [-0.4, -0.2) is 54.6 Å². The van der Waals surface area contributed by atoms with E-state index in [0.717, 1.165) is 6.54 Å². The number of hydrogen-bond acceptors (Lipinski definition) is 3. The fourth-order valence-corrected chi connectivity index (χ4v) is 4.15. The number of benzene rings is 1. The Morgan fingerprint density at radius 3 is 2.30 bits per heavy atom. The molecule has 2 aliphatic rings. The van der Waals surface area contributed by atoms with E-state index in [0.29, 0.717) is 24.2 Å². The highest BCUT2D eigenvalue weighted by molar-refractivity contribution is 5.23. The zero-order valence-electron chi connectivity index (χ0n) is 14.6. The number of likely N-dealkylation sites (N-methyl/N-ethyl adjacent to an activating group) is 1. The summed E-state index contributed by atoms with van der Waals surface area (Å²) in [6.07, 6.45) is 3.63. The molecule has 0 radical (unpaired) electrons. The minimum Gasteiger partial charge on any atom is -0.309 e. The van der Waals surface area contributed by atoms with Crippen LogP contribution in [0.4, 0.5) is 4.39 Å². The van der Waals surface area contributed by atoms with Crippen molar-refractivity contribution in [2.75, 3.05) is 26.7 Å². The standard InChI is InChI=1S/C19H30FN3/c1-14(2)23-12-8-17(9-13-23)21-18-10-11-22(3)19(18)15-4-6-16(20)7-5-15/h4-7,14,17-19,21H,8-13H2,1-3H3/t18-,19+/m0/s1. The lowest BCUT2D eigenvalue weighted by Gasteiger charge is -2.37. The summed E-state index contributed by atoms with van der Waals surface area (Å²) >= 11 is 0. The van der Waals surface area contributed by atoms with Gasteiger partial charge in [0.15, 0.2) is 0 Å². The summed E-state index contributed by atoms with van der Waals surface area (Å²) in [5.74, 6) is -0.153. The molecule has 128 valence electrons. The van der Waals surface area contributed by atoms with E-state index in [1.807, 2.05) is 12.1 Å². The van der Waals surface area contributed by atoms with Crippen LogP contribution in [0.5, 0.6) is 0 Å². The summed E-state index contributed by atoms with van der Waals surface area (Å²) in [4.78, 5) is 4.96. The van der Waals surface area contributed by atoms with Crippen LogP contribution in [0.3, 0.4) is 0 Å². The Morgan fingerprint density at radius 2 is 1.70 bits per heavy atom. The highest BCUT2D eigenvalue weighted by Gasteiger charge is 2.34. The quantitative estimate of drug-likeness (QED) is 0.920. The van der Waals surface area contributed by atoms with E-state index in [1.54, 1.807) is 12.1 Å². The van der Waals surface area contributed by atoms with Gasteiger partial charge < -0.3 is 10.2 Å². The van der Waals surface area contributed by atoms with Crippen LogP contribution in [0.15, 0.2) is 24.3 Å². The Hall–Kier alpha value is -0.970. The molecule has 0 spiro atoms. The smallest absolute Gasteiger partial charge is 0.123 e. The zero-order valence-corrected chi connectivity index (χ0v) is 14.6. The molecule has 2 atom stereocenters. The molecule has 2 saturated heterocycles. The van der Waals surface area contributed by atoms with Gasteiger partial charge in [-0.25, -0.2) is 4.39 Å². The summed E-state index contributed by atoms with van der Waals surface area (Å²) < 4.78 is 13.2. The van der Waals surface area contributed by atoms with Crippen LogP contribution in [0.2, 0.25) is 0 Å². The van der Waals surface area contributed by atoms with Crippen LogP contribution in [0.25, 0.3) is 0 Å². The molecule has 3 rings (SSSR count). The first-order chi connectivity index (χ1) is 11.0. The molecule has 2 aliphatic heterocycles. The Kier molecular flexibility index (Phi) is 5.34. The van der Waals surface area contributed by atoms with Gasteiger partial charge in [0.25, 0.3) is 0 Å². The predicted octanol–water partition coefficient (Wildman–Crippen LogP) is 3.03. The molecule has 0 amide bonds. The van der Waals surface area contributed by atoms with E-state index in [4.69, 9.17) is 0 Å². The summed E-state index contributed by atoms with van der Waals surface area (Å²) in [7, 11) is 2.18. The van der Waals surface area contributed by atoms with Gasteiger partial charge in [-0.1, -0.05) is 12.1 Å². The molecular weight excluding hydrogens is 289 g/mol. The monoisotopic (exact) mass is 319 g/mol. The molecule has 1 N–H and O–H groups in total. The number of likely N-dealkylation sites (tertiary alicyclic amines) is 2. The molecule has 2 fully saturated rings. The molecule has 2 heterocycles. The maximum atomic E-state index is 13.2. The zero-order chi connectivity index (χ0) is 16.4. The Balaban J connectivity index is 1.62. The third-order valence-corrected chi connectivity index (χ3v) is 5.57. The van der Waals surface area contributed by atoms with Crippen molar-refractivity contribution in [1.82, 2.24) is 15.1 Å². The van der Waals surface area contributed by atoms with Gasteiger partial charge in [0, 0.05) is 30.7 Å². The van der Waals surface area contributed by atoms with Gasteiger partial charge in [0.2, 0.25) is 0 Å². The molecule has 0 bridgehead atoms. The van der Waals surface area contributed by atoms with E-state index in [2.05, 4.69) is 36.0 Å². The molecule has 0 saturated carbocycles. The second kappa shape index (κ2) is 7.29. The minimum atomic E-state index is -0.153. The van der Waals surface area contributed by atoms with Crippen molar-refractivity contribution in [2.24, 2.45) is 0 Å². The number of nitrogens with one attached hydrogen (secondary N) is 1. The Bertz CT molecular complexity index is 494. The number of piperidine rings is 1. The van der Waals surface area contributed by atoms with Crippen LogP contribution in [-0.2, 0) is 0 Å².